The number of aryl methyl sites for hydroxylation is 2. The molecule has 0 radical (unpaired) electrons. The maximum absolute atomic E-state index is 12.3. The first kappa shape index (κ1) is 16.9. The SMILES string of the molecule is Cc1cc(C(=O)NC2CCCN(CC3CNC(=O)CO3)C2)nn1C. The molecule has 0 aliphatic carbocycles. The summed E-state index contributed by atoms with van der Waals surface area (Å²) in [6.45, 7) is 5.18. The van der Waals surface area contributed by atoms with Gasteiger partial charge in [-0.1, -0.05) is 0 Å². The Labute approximate surface area is 141 Å². The van der Waals surface area contributed by atoms with Crippen molar-refractivity contribution in [3.63, 3.8) is 0 Å². The molecule has 2 saturated heterocycles. The van der Waals surface area contributed by atoms with Crippen molar-refractivity contribution >= 4 is 11.8 Å². The van der Waals surface area contributed by atoms with Crippen LogP contribution in [0.15, 0.2) is 6.07 Å². The minimum atomic E-state index is -0.119. The molecule has 8 nitrogen and oxygen atoms in total. The number of carbonyl (C=O) groups excluding carboxylic acids is 2. The lowest BCUT2D eigenvalue weighted by atomic mass is 10.0. The predicted molar refractivity (Wildman–Crippen MR) is 87.6 cm³/mol. The van der Waals surface area contributed by atoms with E-state index in [2.05, 4.69) is 20.6 Å². The Hall–Kier alpha value is -1.93. The van der Waals surface area contributed by atoms with E-state index in [1.54, 1.807) is 10.7 Å². The van der Waals surface area contributed by atoms with Crippen LogP contribution in [-0.4, -0.2) is 71.4 Å². The number of piperidine rings is 1. The highest BCUT2D eigenvalue weighted by Gasteiger charge is 2.26. The van der Waals surface area contributed by atoms with Crippen LogP contribution in [0.5, 0.6) is 0 Å². The molecule has 132 valence electrons. The van der Waals surface area contributed by atoms with Crippen LogP contribution in [0.25, 0.3) is 0 Å². The number of likely N-dealkylation sites (tertiary alicyclic amines) is 1. The predicted octanol–water partition coefficient (Wildman–Crippen LogP) is -0.562. The Bertz CT molecular complexity index is 585. The molecule has 0 saturated carbocycles. The fraction of sp³-hybridized carbons (Fsp3) is 0.688. The fourth-order valence-electron chi connectivity index (χ4n) is 3.21. The Morgan fingerprint density at radius 2 is 2.38 bits per heavy atom. The largest absolute Gasteiger partial charge is 0.365 e. The number of ether oxygens (including phenoxy) is 1. The third kappa shape index (κ3) is 4.12. The van der Waals surface area contributed by atoms with Crippen LogP contribution in [0, 0.1) is 6.92 Å². The molecule has 24 heavy (non-hydrogen) atoms. The lowest BCUT2D eigenvalue weighted by Gasteiger charge is -2.36. The minimum Gasteiger partial charge on any atom is -0.365 e. The third-order valence-electron chi connectivity index (χ3n) is 4.63. The molecule has 3 heterocycles. The molecule has 2 N–H and O–H groups in total. The molecule has 1 aromatic heterocycles. The molecular formula is C16H25N5O3. The van der Waals surface area contributed by atoms with Gasteiger partial charge < -0.3 is 15.4 Å². The third-order valence-corrected chi connectivity index (χ3v) is 4.63. The smallest absolute Gasteiger partial charge is 0.272 e. The van der Waals surface area contributed by atoms with Gasteiger partial charge in [-0.25, -0.2) is 0 Å². The highest BCUT2D eigenvalue weighted by atomic mass is 16.5. The molecule has 2 aliphatic rings. The van der Waals surface area contributed by atoms with Gasteiger partial charge in [-0.2, -0.15) is 5.10 Å². The summed E-state index contributed by atoms with van der Waals surface area (Å²) in [7, 11) is 1.83. The number of hydrogen-bond acceptors (Lipinski definition) is 5. The molecule has 2 aliphatic heterocycles. The van der Waals surface area contributed by atoms with Gasteiger partial charge >= 0.3 is 0 Å². The summed E-state index contributed by atoms with van der Waals surface area (Å²) in [5, 5.41) is 10.1. The molecular weight excluding hydrogens is 310 g/mol. The van der Waals surface area contributed by atoms with Gasteiger partial charge in [-0.15, -0.1) is 0 Å². The first-order chi connectivity index (χ1) is 11.5. The van der Waals surface area contributed by atoms with E-state index in [0.717, 1.165) is 38.2 Å². The van der Waals surface area contributed by atoms with E-state index >= 15 is 0 Å². The van der Waals surface area contributed by atoms with Crippen molar-refractivity contribution in [3.8, 4) is 0 Å². The van der Waals surface area contributed by atoms with Crippen LogP contribution in [-0.2, 0) is 16.6 Å². The fourth-order valence-corrected chi connectivity index (χ4v) is 3.21. The summed E-state index contributed by atoms with van der Waals surface area (Å²) in [4.78, 5) is 25.8. The van der Waals surface area contributed by atoms with Crippen LogP contribution in [0.2, 0.25) is 0 Å². The number of nitrogens with one attached hydrogen (secondary N) is 2. The average molecular weight is 335 g/mol. The van der Waals surface area contributed by atoms with Crippen LogP contribution in [0.4, 0.5) is 0 Å². The molecule has 2 unspecified atom stereocenters. The van der Waals surface area contributed by atoms with Gasteiger partial charge in [0, 0.05) is 38.4 Å². The van der Waals surface area contributed by atoms with Crippen LogP contribution < -0.4 is 10.6 Å². The number of rotatable bonds is 4. The van der Waals surface area contributed by atoms with Crippen molar-refractivity contribution in [2.24, 2.45) is 7.05 Å². The topological polar surface area (TPSA) is 88.5 Å². The van der Waals surface area contributed by atoms with Crippen molar-refractivity contribution in [1.29, 1.82) is 0 Å². The molecule has 2 atom stereocenters. The summed E-state index contributed by atoms with van der Waals surface area (Å²) in [5.74, 6) is -0.174. The summed E-state index contributed by atoms with van der Waals surface area (Å²) in [6, 6.07) is 1.92. The average Bonchev–Trinajstić information content (AvgIpc) is 2.90. The van der Waals surface area contributed by atoms with Crippen molar-refractivity contribution in [2.75, 3.05) is 32.8 Å². The summed E-state index contributed by atoms with van der Waals surface area (Å²) >= 11 is 0. The van der Waals surface area contributed by atoms with E-state index < -0.39 is 0 Å². The van der Waals surface area contributed by atoms with E-state index in [9.17, 15) is 9.59 Å². The van der Waals surface area contributed by atoms with E-state index in [1.165, 1.54) is 0 Å². The number of morpholine rings is 1. The zero-order chi connectivity index (χ0) is 17.1. The first-order valence-electron chi connectivity index (χ1n) is 8.43. The van der Waals surface area contributed by atoms with Gasteiger partial charge in [-0.3, -0.25) is 19.2 Å². The first-order valence-corrected chi connectivity index (χ1v) is 8.43. The number of aromatic nitrogens is 2. The van der Waals surface area contributed by atoms with Crippen molar-refractivity contribution in [1.82, 2.24) is 25.3 Å². The van der Waals surface area contributed by atoms with Gasteiger partial charge in [0.15, 0.2) is 0 Å². The van der Waals surface area contributed by atoms with Crippen LogP contribution in [0.1, 0.15) is 29.0 Å². The molecule has 0 aromatic carbocycles. The Kier molecular flexibility index (Phi) is 5.15. The van der Waals surface area contributed by atoms with Gasteiger partial charge in [0.1, 0.15) is 12.3 Å². The van der Waals surface area contributed by atoms with Gasteiger partial charge in [0.05, 0.1) is 6.10 Å². The molecule has 1 aromatic rings. The van der Waals surface area contributed by atoms with Crippen molar-refractivity contribution in [3.05, 3.63) is 17.5 Å². The normalized spacial score (nSPS) is 25.3. The minimum absolute atomic E-state index is 0.0237. The van der Waals surface area contributed by atoms with Gasteiger partial charge in [0.2, 0.25) is 5.91 Å². The van der Waals surface area contributed by atoms with E-state index in [0.29, 0.717) is 12.2 Å². The summed E-state index contributed by atoms with van der Waals surface area (Å²) < 4.78 is 7.25. The molecule has 0 bridgehead atoms. The zero-order valence-electron chi connectivity index (χ0n) is 14.2. The lowest BCUT2D eigenvalue weighted by Crippen LogP contribution is -2.53. The summed E-state index contributed by atoms with van der Waals surface area (Å²) in [6.07, 6.45) is 2.03. The van der Waals surface area contributed by atoms with Crippen molar-refractivity contribution in [2.45, 2.75) is 31.9 Å². The molecule has 8 heteroatoms. The Morgan fingerprint density at radius 1 is 1.54 bits per heavy atom. The quantitative estimate of drug-likeness (QED) is 0.770. The second kappa shape index (κ2) is 7.31. The highest BCUT2D eigenvalue weighted by molar-refractivity contribution is 5.92. The monoisotopic (exact) mass is 335 g/mol. The summed E-state index contributed by atoms with van der Waals surface area (Å²) in [5.41, 5.74) is 1.42. The Balaban J connectivity index is 1.50. The second-order valence-electron chi connectivity index (χ2n) is 6.60. The molecule has 2 amide bonds. The molecule has 2 fully saturated rings. The number of nitrogens with zero attached hydrogens (tertiary/aromatic N) is 3. The number of hydrogen-bond donors (Lipinski definition) is 2. The number of amides is 2. The van der Waals surface area contributed by atoms with Gasteiger partial charge in [-0.05, 0) is 32.4 Å². The van der Waals surface area contributed by atoms with Gasteiger partial charge in [0.25, 0.3) is 5.91 Å². The maximum atomic E-state index is 12.3. The van der Waals surface area contributed by atoms with E-state index in [4.69, 9.17) is 4.74 Å². The second-order valence-corrected chi connectivity index (χ2v) is 6.60. The highest BCUT2D eigenvalue weighted by Crippen LogP contribution is 2.13. The zero-order valence-corrected chi connectivity index (χ0v) is 14.2. The van der Waals surface area contributed by atoms with E-state index in [1.807, 2.05) is 14.0 Å². The van der Waals surface area contributed by atoms with Crippen LogP contribution >= 0.6 is 0 Å². The van der Waals surface area contributed by atoms with E-state index in [-0.39, 0.29) is 30.6 Å². The van der Waals surface area contributed by atoms with Crippen LogP contribution in [0.3, 0.4) is 0 Å². The Morgan fingerprint density at radius 3 is 3.04 bits per heavy atom. The molecule has 3 rings (SSSR count). The molecule has 0 spiro atoms. The van der Waals surface area contributed by atoms with Crippen molar-refractivity contribution < 1.29 is 14.3 Å². The number of carbonyl (C=O) groups is 2. The maximum Gasteiger partial charge on any atom is 0.272 e. The standard InChI is InChI=1S/C16H25N5O3/c1-11-6-14(19-20(11)2)16(23)18-12-4-3-5-21(8-12)9-13-7-17-15(22)10-24-13/h6,12-13H,3-5,7-10H2,1-2H3,(H,17,22)(H,18,23). The lowest BCUT2D eigenvalue weighted by molar-refractivity contribution is -0.134.